The molecule has 1 amide bonds. The third-order valence-corrected chi connectivity index (χ3v) is 4.34. The number of rotatable bonds is 5. The Kier molecular flexibility index (Phi) is 4.77. The van der Waals surface area contributed by atoms with Crippen molar-refractivity contribution in [2.45, 2.75) is 6.54 Å². The molecule has 0 spiro atoms. The van der Waals surface area contributed by atoms with Gasteiger partial charge in [-0.15, -0.1) is 0 Å². The van der Waals surface area contributed by atoms with Gasteiger partial charge in [-0.1, -0.05) is 41.9 Å². The first kappa shape index (κ1) is 17.1. The molecule has 0 saturated heterocycles. The zero-order valence-electron chi connectivity index (χ0n) is 14.3. The molecule has 2 aromatic carbocycles. The number of halogens is 1. The first-order valence-corrected chi connectivity index (χ1v) is 8.80. The van der Waals surface area contributed by atoms with E-state index in [1.165, 1.54) is 0 Å². The van der Waals surface area contributed by atoms with E-state index in [4.69, 9.17) is 16.0 Å². The van der Waals surface area contributed by atoms with Crippen molar-refractivity contribution in [2.75, 3.05) is 0 Å². The fourth-order valence-corrected chi connectivity index (χ4v) is 2.87. The number of amides is 1. The number of carbonyl (C=O) groups is 1. The van der Waals surface area contributed by atoms with Crippen LogP contribution >= 0.6 is 11.6 Å². The third-order valence-electron chi connectivity index (χ3n) is 4.09. The molecule has 27 heavy (non-hydrogen) atoms. The highest BCUT2D eigenvalue weighted by molar-refractivity contribution is 6.30. The smallest absolute Gasteiger partial charge is 0.270 e. The molecule has 0 fully saturated rings. The minimum Gasteiger partial charge on any atom is -0.467 e. The van der Waals surface area contributed by atoms with Gasteiger partial charge in [-0.05, 0) is 42.5 Å². The monoisotopic (exact) mass is 377 g/mol. The summed E-state index contributed by atoms with van der Waals surface area (Å²) in [5.41, 5.74) is 2.84. The lowest BCUT2D eigenvalue weighted by atomic mass is 10.1. The van der Waals surface area contributed by atoms with Crippen molar-refractivity contribution in [1.29, 1.82) is 0 Å². The summed E-state index contributed by atoms with van der Waals surface area (Å²) < 4.78 is 6.89. The van der Waals surface area contributed by atoms with Gasteiger partial charge in [0.1, 0.15) is 11.5 Å². The second-order valence-electron chi connectivity index (χ2n) is 5.93. The lowest BCUT2D eigenvalue weighted by Gasteiger charge is -2.07. The van der Waals surface area contributed by atoms with E-state index in [0.29, 0.717) is 28.7 Å². The van der Waals surface area contributed by atoms with Gasteiger partial charge in [0, 0.05) is 10.6 Å². The van der Waals surface area contributed by atoms with E-state index in [0.717, 1.165) is 11.3 Å². The lowest BCUT2D eigenvalue weighted by molar-refractivity contribution is 0.0940. The van der Waals surface area contributed by atoms with Gasteiger partial charge in [0.25, 0.3) is 5.91 Å². The third kappa shape index (κ3) is 3.78. The second kappa shape index (κ2) is 7.51. The Morgan fingerprint density at radius 3 is 2.52 bits per heavy atom. The summed E-state index contributed by atoms with van der Waals surface area (Å²) in [4.78, 5) is 12.8. The van der Waals surface area contributed by atoms with E-state index in [2.05, 4.69) is 10.4 Å². The SMILES string of the molecule is O=C(NCc1ccco1)c1cc(-c2ccccc2)nn1-c1ccc(Cl)cc1. The molecule has 2 aromatic heterocycles. The largest absolute Gasteiger partial charge is 0.467 e. The molecule has 0 radical (unpaired) electrons. The number of aromatic nitrogens is 2. The summed E-state index contributed by atoms with van der Waals surface area (Å²) in [6, 6.07) is 22.3. The van der Waals surface area contributed by atoms with E-state index in [-0.39, 0.29) is 5.91 Å². The van der Waals surface area contributed by atoms with Crippen LogP contribution in [0.25, 0.3) is 16.9 Å². The minimum absolute atomic E-state index is 0.240. The zero-order valence-corrected chi connectivity index (χ0v) is 15.1. The van der Waals surface area contributed by atoms with Crippen molar-refractivity contribution in [1.82, 2.24) is 15.1 Å². The Morgan fingerprint density at radius 2 is 1.81 bits per heavy atom. The van der Waals surface area contributed by atoms with Crippen LogP contribution in [-0.2, 0) is 6.54 Å². The highest BCUT2D eigenvalue weighted by atomic mass is 35.5. The summed E-state index contributed by atoms with van der Waals surface area (Å²) in [5.74, 6) is 0.445. The Hall–Kier alpha value is -3.31. The standard InChI is InChI=1S/C21H16ClN3O2/c22-16-8-10-17(11-9-16)25-20(21(26)23-14-18-7-4-12-27-18)13-19(24-25)15-5-2-1-3-6-15/h1-13H,14H2,(H,23,26). The maximum atomic E-state index is 12.8. The topological polar surface area (TPSA) is 60.1 Å². The molecular formula is C21H16ClN3O2. The molecular weight excluding hydrogens is 362 g/mol. The molecule has 2 heterocycles. The fraction of sp³-hybridized carbons (Fsp3) is 0.0476. The van der Waals surface area contributed by atoms with Gasteiger partial charge < -0.3 is 9.73 Å². The average molecular weight is 378 g/mol. The van der Waals surface area contributed by atoms with Gasteiger partial charge in [0.05, 0.1) is 24.2 Å². The molecule has 0 aliphatic rings. The highest BCUT2D eigenvalue weighted by Crippen LogP contribution is 2.22. The average Bonchev–Trinajstić information content (AvgIpc) is 3.37. The molecule has 6 heteroatoms. The van der Waals surface area contributed by atoms with Crippen molar-refractivity contribution < 1.29 is 9.21 Å². The molecule has 134 valence electrons. The van der Waals surface area contributed by atoms with Gasteiger partial charge in [0.15, 0.2) is 0 Å². The molecule has 0 unspecified atom stereocenters. The molecule has 5 nitrogen and oxygen atoms in total. The van der Waals surface area contributed by atoms with E-state index in [1.54, 1.807) is 35.2 Å². The predicted molar refractivity (Wildman–Crippen MR) is 104 cm³/mol. The molecule has 1 N–H and O–H groups in total. The lowest BCUT2D eigenvalue weighted by Crippen LogP contribution is -2.25. The van der Waals surface area contributed by atoms with Crippen molar-refractivity contribution in [3.8, 4) is 16.9 Å². The van der Waals surface area contributed by atoms with E-state index in [9.17, 15) is 4.79 Å². The van der Waals surface area contributed by atoms with Crippen LogP contribution in [0.1, 0.15) is 16.2 Å². The summed E-state index contributed by atoms with van der Waals surface area (Å²) in [6.07, 6.45) is 1.58. The van der Waals surface area contributed by atoms with Crippen LogP contribution in [0, 0.1) is 0 Å². The van der Waals surface area contributed by atoms with Crippen molar-refractivity contribution in [3.63, 3.8) is 0 Å². The maximum Gasteiger partial charge on any atom is 0.270 e. The van der Waals surface area contributed by atoms with Crippen LogP contribution in [0.15, 0.2) is 83.5 Å². The first-order valence-electron chi connectivity index (χ1n) is 8.43. The quantitative estimate of drug-likeness (QED) is 0.547. The Balaban J connectivity index is 1.70. The van der Waals surface area contributed by atoms with Crippen LogP contribution in [0.5, 0.6) is 0 Å². The molecule has 0 atom stereocenters. The zero-order chi connectivity index (χ0) is 18.6. The van der Waals surface area contributed by atoms with Crippen LogP contribution in [0.4, 0.5) is 0 Å². The molecule has 0 saturated carbocycles. The van der Waals surface area contributed by atoms with Crippen molar-refractivity contribution in [2.24, 2.45) is 0 Å². The van der Waals surface area contributed by atoms with Crippen molar-refractivity contribution >= 4 is 17.5 Å². The highest BCUT2D eigenvalue weighted by Gasteiger charge is 2.17. The number of nitrogens with zero attached hydrogens (tertiary/aromatic N) is 2. The summed E-state index contributed by atoms with van der Waals surface area (Å²) in [6.45, 7) is 0.304. The number of carbonyl (C=O) groups excluding carboxylic acids is 1. The van der Waals surface area contributed by atoms with E-state index < -0.39 is 0 Å². The molecule has 4 rings (SSSR count). The number of hydrogen-bond donors (Lipinski definition) is 1. The molecule has 4 aromatic rings. The van der Waals surface area contributed by atoms with Gasteiger partial charge in [0.2, 0.25) is 0 Å². The van der Waals surface area contributed by atoms with Crippen LogP contribution < -0.4 is 5.32 Å². The van der Waals surface area contributed by atoms with Gasteiger partial charge >= 0.3 is 0 Å². The second-order valence-corrected chi connectivity index (χ2v) is 6.37. The number of benzene rings is 2. The summed E-state index contributed by atoms with van der Waals surface area (Å²) in [7, 11) is 0. The first-order chi connectivity index (χ1) is 13.2. The molecule has 0 aliphatic heterocycles. The van der Waals surface area contributed by atoms with Gasteiger partial charge in [-0.25, -0.2) is 4.68 Å². The van der Waals surface area contributed by atoms with Gasteiger partial charge in [-0.3, -0.25) is 4.79 Å². The maximum absolute atomic E-state index is 12.8. The number of nitrogens with one attached hydrogen (secondary N) is 1. The Bertz CT molecular complexity index is 1040. The molecule has 0 aliphatic carbocycles. The minimum atomic E-state index is -0.240. The Labute approximate surface area is 161 Å². The van der Waals surface area contributed by atoms with Crippen LogP contribution in [-0.4, -0.2) is 15.7 Å². The van der Waals surface area contributed by atoms with Crippen LogP contribution in [0.3, 0.4) is 0 Å². The van der Waals surface area contributed by atoms with Crippen molar-refractivity contribution in [3.05, 3.63) is 95.5 Å². The molecule has 0 bridgehead atoms. The summed E-state index contributed by atoms with van der Waals surface area (Å²) >= 11 is 5.99. The number of hydrogen-bond acceptors (Lipinski definition) is 3. The number of furan rings is 1. The fourth-order valence-electron chi connectivity index (χ4n) is 2.74. The summed E-state index contributed by atoms with van der Waals surface area (Å²) in [5, 5.41) is 8.13. The van der Waals surface area contributed by atoms with Gasteiger partial charge in [-0.2, -0.15) is 5.10 Å². The van der Waals surface area contributed by atoms with Crippen LogP contribution in [0.2, 0.25) is 5.02 Å². The van der Waals surface area contributed by atoms with E-state index >= 15 is 0 Å². The van der Waals surface area contributed by atoms with E-state index in [1.807, 2.05) is 48.5 Å². The predicted octanol–water partition coefficient (Wildman–Crippen LogP) is 4.72. The normalized spacial score (nSPS) is 10.7. The Morgan fingerprint density at radius 1 is 1.04 bits per heavy atom.